The Morgan fingerprint density at radius 3 is 2.74 bits per heavy atom. The minimum atomic E-state index is -4.48. The van der Waals surface area contributed by atoms with E-state index in [9.17, 15) is 13.2 Å². The van der Waals surface area contributed by atoms with Gasteiger partial charge in [-0.3, -0.25) is 0 Å². The number of hydrogen-bond donors (Lipinski definition) is 1. The summed E-state index contributed by atoms with van der Waals surface area (Å²) in [6.45, 7) is 2.66. The van der Waals surface area contributed by atoms with Crippen LogP contribution < -0.4 is 10.2 Å². The van der Waals surface area contributed by atoms with E-state index in [1.165, 1.54) is 12.1 Å². The van der Waals surface area contributed by atoms with Gasteiger partial charge in [-0.2, -0.15) is 18.2 Å². The SMILES string of the molecule is COc1nc(/C=C/C2=NC3[C@H](c4ccccc4C(F)(F)F)OCCN3N2)ccc1-n1cnc(C)c1. The fraction of sp³-hybridized carbons (Fsp3) is 0.292. The monoisotopic (exact) mass is 484 g/mol. The number of fused-ring (bicyclic) bond motifs is 1. The molecule has 35 heavy (non-hydrogen) atoms. The summed E-state index contributed by atoms with van der Waals surface area (Å²) in [5.41, 5.74) is 4.77. The number of alkyl halides is 3. The van der Waals surface area contributed by atoms with Gasteiger partial charge in [0.15, 0.2) is 6.17 Å². The highest BCUT2D eigenvalue weighted by molar-refractivity contribution is 5.97. The van der Waals surface area contributed by atoms with Crippen molar-refractivity contribution in [3.63, 3.8) is 0 Å². The predicted octanol–water partition coefficient (Wildman–Crippen LogP) is 3.93. The molecule has 2 atom stereocenters. The molecule has 5 rings (SSSR count). The topological polar surface area (TPSA) is 76.8 Å². The Morgan fingerprint density at radius 2 is 2.00 bits per heavy atom. The second-order valence-corrected chi connectivity index (χ2v) is 8.13. The summed E-state index contributed by atoms with van der Waals surface area (Å²) in [6.07, 6.45) is 1.10. The summed E-state index contributed by atoms with van der Waals surface area (Å²) in [5, 5.41) is 1.79. The van der Waals surface area contributed by atoms with Crippen molar-refractivity contribution in [2.45, 2.75) is 25.4 Å². The number of ether oxygens (including phenoxy) is 2. The number of imidazole rings is 1. The molecule has 1 fully saturated rings. The molecule has 0 amide bonds. The number of hydrazine groups is 1. The summed E-state index contributed by atoms with van der Waals surface area (Å²) in [7, 11) is 1.54. The predicted molar refractivity (Wildman–Crippen MR) is 123 cm³/mol. The van der Waals surface area contributed by atoms with E-state index in [0.29, 0.717) is 24.0 Å². The fourth-order valence-corrected chi connectivity index (χ4v) is 4.18. The molecule has 0 aliphatic carbocycles. The fourth-order valence-electron chi connectivity index (χ4n) is 4.18. The molecule has 182 valence electrons. The third kappa shape index (κ3) is 4.64. The van der Waals surface area contributed by atoms with Crippen molar-refractivity contribution in [1.82, 2.24) is 25.0 Å². The van der Waals surface area contributed by atoms with Crippen molar-refractivity contribution in [2.75, 3.05) is 20.3 Å². The van der Waals surface area contributed by atoms with Gasteiger partial charge in [0.2, 0.25) is 5.88 Å². The van der Waals surface area contributed by atoms with Crippen LogP contribution >= 0.6 is 0 Å². The van der Waals surface area contributed by atoms with Crippen LogP contribution in [0, 0.1) is 6.92 Å². The standard InChI is InChI=1S/C24H23F3N6O2/c1-15-13-32(14-28-15)19-9-7-16(29-23(19)34-2)8-10-20-30-22-21(35-12-11-33(22)31-20)17-5-3-4-6-18(17)24(25,26)27/h3-10,13-14,21-22H,11-12H2,1-2H3,(H,30,31)/b10-8+/t21-,22?/m0/s1. The number of halogens is 3. The number of methoxy groups -OCH3 is 1. The maximum atomic E-state index is 13.6. The molecule has 4 heterocycles. The summed E-state index contributed by atoms with van der Waals surface area (Å²) in [6, 6.07) is 9.17. The molecule has 2 aliphatic heterocycles. The number of amidine groups is 1. The van der Waals surface area contributed by atoms with Crippen molar-refractivity contribution >= 4 is 11.9 Å². The van der Waals surface area contributed by atoms with Gasteiger partial charge in [-0.25, -0.2) is 15.0 Å². The second kappa shape index (κ2) is 9.16. The molecule has 0 bridgehead atoms. The summed E-state index contributed by atoms with van der Waals surface area (Å²) in [4.78, 5) is 13.3. The smallest absolute Gasteiger partial charge is 0.416 e. The molecule has 0 saturated carbocycles. The van der Waals surface area contributed by atoms with Gasteiger partial charge in [-0.15, -0.1) is 0 Å². The van der Waals surface area contributed by atoms with Crippen LogP contribution in [-0.2, 0) is 10.9 Å². The Bertz CT molecular complexity index is 1290. The van der Waals surface area contributed by atoms with Crippen LogP contribution in [0.4, 0.5) is 13.2 Å². The lowest BCUT2D eigenvalue weighted by Crippen LogP contribution is -2.49. The van der Waals surface area contributed by atoms with E-state index < -0.39 is 24.0 Å². The normalized spacial score (nSPS) is 20.5. The lowest BCUT2D eigenvalue weighted by molar-refractivity contribution is -0.142. The average Bonchev–Trinajstić information content (AvgIpc) is 3.47. The van der Waals surface area contributed by atoms with Crippen LogP contribution in [0.1, 0.15) is 28.6 Å². The van der Waals surface area contributed by atoms with E-state index in [1.807, 2.05) is 29.8 Å². The average molecular weight is 484 g/mol. The minimum Gasteiger partial charge on any atom is -0.479 e. The summed E-state index contributed by atoms with van der Waals surface area (Å²) < 4.78 is 53.8. The van der Waals surface area contributed by atoms with Gasteiger partial charge < -0.3 is 19.5 Å². The largest absolute Gasteiger partial charge is 0.479 e. The number of benzene rings is 1. The first-order chi connectivity index (χ1) is 16.8. The Hall–Kier alpha value is -3.70. The van der Waals surface area contributed by atoms with Crippen molar-refractivity contribution in [2.24, 2.45) is 4.99 Å². The van der Waals surface area contributed by atoms with Gasteiger partial charge in [0.05, 0.1) is 37.0 Å². The van der Waals surface area contributed by atoms with Gasteiger partial charge in [0, 0.05) is 12.7 Å². The van der Waals surface area contributed by atoms with Crippen molar-refractivity contribution in [3.8, 4) is 11.6 Å². The van der Waals surface area contributed by atoms with Gasteiger partial charge >= 0.3 is 6.18 Å². The number of aromatic nitrogens is 3. The molecule has 0 spiro atoms. The first kappa shape index (κ1) is 23.1. The molecule has 2 aliphatic rings. The highest BCUT2D eigenvalue weighted by Gasteiger charge is 2.42. The number of aryl methyl sites for hydroxylation is 1. The van der Waals surface area contributed by atoms with E-state index in [-0.39, 0.29) is 12.2 Å². The zero-order chi connectivity index (χ0) is 24.6. The number of rotatable bonds is 5. The Morgan fingerprint density at radius 1 is 1.17 bits per heavy atom. The number of nitrogens with one attached hydrogen (secondary N) is 1. The highest BCUT2D eigenvalue weighted by atomic mass is 19.4. The number of pyridine rings is 1. The lowest BCUT2D eigenvalue weighted by atomic mass is 9.99. The van der Waals surface area contributed by atoms with Gasteiger partial charge in [-0.1, -0.05) is 18.2 Å². The molecule has 0 radical (unpaired) electrons. The zero-order valence-corrected chi connectivity index (χ0v) is 19.0. The number of morpholine rings is 1. The minimum absolute atomic E-state index is 0.0715. The van der Waals surface area contributed by atoms with E-state index in [2.05, 4.69) is 20.4 Å². The summed E-state index contributed by atoms with van der Waals surface area (Å²) >= 11 is 0. The van der Waals surface area contributed by atoms with Crippen molar-refractivity contribution in [1.29, 1.82) is 0 Å². The van der Waals surface area contributed by atoms with Crippen LogP contribution in [0.25, 0.3) is 11.8 Å². The van der Waals surface area contributed by atoms with Crippen LogP contribution in [0.2, 0.25) is 0 Å². The van der Waals surface area contributed by atoms with Gasteiger partial charge in [-0.05, 0) is 42.8 Å². The van der Waals surface area contributed by atoms with Crippen LogP contribution in [0.3, 0.4) is 0 Å². The second-order valence-electron chi connectivity index (χ2n) is 8.13. The highest BCUT2D eigenvalue weighted by Crippen LogP contribution is 2.39. The van der Waals surface area contributed by atoms with Crippen molar-refractivity contribution < 1.29 is 22.6 Å². The van der Waals surface area contributed by atoms with E-state index >= 15 is 0 Å². The molecule has 2 aromatic heterocycles. The Balaban J connectivity index is 1.39. The van der Waals surface area contributed by atoms with Gasteiger partial charge in [0.1, 0.15) is 17.6 Å². The van der Waals surface area contributed by atoms with E-state index in [4.69, 9.17) is 9.47 Å². The number of aliphatic imine (C=N–C) groups is 1. The van der Waals surface area contributed by atoms with Gasteiger partial charge in [0.25, 0.3) is 0 Å². The maximum Gasteiger partial charge on any atom is 0.416 e. The molecule has 8 nitrogen and oxygen atoms in total. The molecular weight excluding hydrogens is 461 g/mol. The molecule has 11 heteroatoms. The Labute approximate surface area is 199 Å². The van der Waals surface area contributed by atoms with Crippen molar-refractivity contribution in [3.05, 3.63) is 77.5 Å². The van der Waals surface area contributed by atoms with Crippen LogP contribution in [0.5, 0.6) is 5.88 Å². The molecule has 1 unspecified atom stereocenters. The quantitative estimate of drug-likeness (QED) is 0.592. The summed E-state index contributed by atoms with van der Waals surface area (Å²) in [5.74, 6) is 0.936. The molecule has 1 saturated heterocycles. The third-order valence-electron chi connectivity index (χ3n) is 5.78. The molecule has 3 aromatic rings. The number of nitrogens with zero attached hydrogens (tertiary/aromatic N) is 5. The molecule has 1 aromatic carbocycles. The lowest BCUT2D eigenvalue weighted by Gasteiger charge is -2.35. The first-order valence-corrected chi connectivity index (χ1v) is 11.0. The maximum absolute atomic E-state index is 13.6. The van der Waals surface area contributed by atoms with E-state index in [1.54, 1.807) is 36.7 Å². The molecule has 1 N–H and O–H groups in total. The zero-order valence-electron chi connectivity index (χ0n) is 19.0. The first-order valence-electron chi connectivity index (χ1n) is 11.0. The number of hydrogen-bond acceptors (Lipinski definition) is 7. The van der Waals surface area contributed by atoms with Crippen LogP contribution in [0.15, 0.2) is 60.0 Å². The molecular formula is C24H23F3N6O2. The van der Waals surface area contributed by atoms with Crippen LogP contribution in [-0.4, -0.2) is 51.8 Å². The Kier molecular flexibility index (Phi) is 6.03. The third-order valence-corrected chi connectivity index (χ3v) is 5.78. The van der Waals surface area contributed by atoms with E-state index in [0.717, 1.165) is 17.4 Å².